The molecular weight excluding hydrogens is 246 g/mol. The molecule has 2 rings (SSSR count). The highest BCUT2D eigenvalue weighted by Gasteiger charge is 2.18. The average Bonchev–Trinajstić information content (AvgIpc) is 2.75. The van der Waals surface area contributed by atoms with Crippen molar-refractivity contribution in [3.05, 3.63) is 30.1 Å². The van der Waals surface area contributed by atoms with Crippen molar-refractivity contribution in [3.8, 4) is 0 Å². The standard InChI is InChI=1S/C13H17N3O3/c1-2-5-9(17)8-14-12-11(13(18)19)16-7-4-3-6-10(16)15-12/h3-4,6-7,9,14,17H,2,5,8H2,1H3,(H,18,19). The third-order valence-corrected chi connectivity index (χ3v) is 2.86. The predicted molar refractivity (Wildman–Crippen MR) is 71.6 cm³/mol. The summed E-state index contributed by atoms with van der Waals surface area (Å²) in [5.74, 6) is -0.764. The summed E-state index contributed by atoms with van der Waals surface area (Å²) in [5, 5.41) is 21.8. The second-order valence-electron chi connectivity index (χ2n) is 4.37. The number of hydrogen-bond acceptors (Lipinski definition) is 4. The Labute approximate surface area is 110 Å². The molecule has 6 nitrogen and oxygen atoms in total. The van der Waals surface area contributed by atoms with E-state index >= 15 is 0 Å². The van der Waals surface area contributed by atoms with E-state index in [2.05, 4.69) is 10.3 Å². The summed E-state index contributed by atoms with van der Waals surface area (Å²) in [5.41, 5.74) is 0.645. The maximum atomic E-state index is 11.3. The molecule has 0 aromatic carbocycles. The predicted octanol–water partition coefficient (Wildman–Crippen LogP) is 1.61. The van der Waals surface area contributed by atoms with E-state index in [-0.39, 0.29) is 18.1 Å². The molecular formula is C13H17N3O3. The summed E-state index contributed by atoms with van der Waals surface area (Å²) in [6.45, 7) is 2.27. The lowest BCUT2D eigenvalue weighted by Crippen LogP contribution is -2.20. The third-order valence-electron chi connectivity index (χ3n) is 2.86. The molecule has 1 atom stereocenters. The van der Waals surface area contributed by atoms with Gasteiger partial charge in [-0.05, 0) is 18.6 Å². The van der Waals surface area contributed by atoms with Crippen molar-refractivity contribution in [2.24, 2.45) is 0 Å². The molecule has 0 aliphatic heterocycles. The summed E-state index contributed by atoms with van der Waals surface area (Å²) in [6, 6.07) is 5.28. The number of pyridine rings is 1. The van der Waals surface area contributed by atoms with Crippen molar-refractivity contribution in [3.63, 3.8) is 0 Å². The van der Waals surface area contributed by atoms with Crippen LogP contribution in [-0.4, -0.2) is 38.2 Å². The smallest absolute Gasteiger partial charge is 0.356 e. The molecule has 0 radical (unpaired) electrons. The topological polar surface area (TPSA) is 86.9 Å². The lowest BCUT2D eigenvalue weighted by molar-refractivity contribution is 0.0690. The summed E-state index contributed by atoms with van der Waals surface area (Å²) in [4.78, 5) is 15.5. The Balaban J connectivity index is 2.27. The monoisotopic (exact) mass is 263 g/mol. The van der Waals surface area contributed by atoms with Crippen LogP contribution in [0.2, 0.25) is 0 Å². The Hall–Kier alpha value is -2.08. The normalized spacial score (nSPS) is 12.5. The minimum absolute atomic E-state index is 0.0827. The van der Waals surface area contributed by atoms with Gasteiger partial charge in [-0.1, -0.05) is 19.4 Å². The van der Waals surface area contributed by atoms with Gasteiger partial charge >= 0.3 is 5.97 Å². The number of imidazole rings is 1. The molecule has 3 N–H and O–H groups in total. The largest absolute Gasteiger partial charge is 0.476 e. The van der Waals surface area contributed by atoms with Crippen LogP contribution in [0.25, 0.3) is 5.65 Å². The third kappa shape index (κ3) is 2.85. The van der Waals surface area contributed by atoms with Crippen LogP contribution >= 0.6 is 0 Å². The summed E-state index contributed by atoms with van der Waals surface area (Å²) >= 11 is 0. The van der Waals surface area contributed by atoms with Crippen molar-refractivity contribution in [2.75, 3.05) is 11.9 Å². The molecule has 19 heavy (non-hydrogen) atoms. The van der Waals surface area contributed by atoms with Crippen LogP contribution < -0.4 is 5.32 Å². The van der Waals surface area contributed by atoms with Crippen molar-refractivity contribution >= 4 is 17.4 Å². The van der Waals surface area contributed by atoms with Gasteiger partial charge in [-0.15, -0.1) is 0 Å². The van der Waals surface area contributed by atoms with Gasteiger partial charge in [0.1, 0.15) is 5.65 Å². The maximum absolute atomic E-state index is 11.3. The van der Waals surface area contributed by atoms with Crippen LogP contribution in [0.15, 0.2) is 24.4 Å². The Morgan fingerprint density at radius 2 is 2.32 bits per heavy atom. The molecule has 1 unspecified atom stereocenters. The van der Waals surface area contributed by atoms with Gasteiger partial charge in [-0.2, -0.15) is 0 Å². The van der Waals surface area contributed by atoms with Crippen molar-refractivity contribution in [1.29, 1.82) is 0 Å². The molecule has 2 heterocycles. The quantitative estimate of drug-likeness (QED) is 0.737. The second-order valence-corrected chi connectivity index (χ2v) is 4.37. The Bertz CT molecular complexity index is 580. The van der Waals surface area contributed by atoms with Gasteiger partial charge in [0.15, 0.2) is 11.5 Å². The average molecular weight is 263 g/mol. The summed E-state index contributed by atoms with van der Waals surface area (Å²) in [6.07, 6.45) is 2.69. The van der Waals surface area contributed by atoms with E-state index in [4.69, 9.17) is 0 Å². The lowest BCUT2D eigenvalue weighted by Gasteiger charge is -2.10. The van der Waals surface area contributed by atoms with Gasteiger partial charge in [0.25, 0.3) is 0 Å². The summed E-state index contributed by atoms with van der Waals surface area (Å²) < 4.78 is 1.51. The van der Waals surface area contributed by atoms with Crippen LogP contribution in [0.5, 0.6) is 0 Å². The number of fused-ring (bicyclic) bond motifs is 1. The van der Waals surface area contributed by atoms with Gasteiger partial charge in [-0.3, -0.25) is 4.40 Å². The van der Waals surface area contributed by atoms with E-state index in [0.717, 1.165) is 6.42 Å². The van der Waals surface area contributed by atoms with Crippen LogP contribution in [0.1, 0.15) is 30.3 Å². The molecule has 0 aliphatic carbocycles. The minimum Gasteiger partial charge on any atom is -0.476 e. The Kier molecular flexibility index (Phi) is 4.01. The van der Waals surface area contributed by atoms with E-state index < -0.39 is 12.1 Å². The van der Waals surface area contributed by atoms with Gasteiger partial charge in [0.05, 0.1) is 6.10 Å². The first-order chi connectivity index (χ1) is 9.13. The fraction of sp³-hybridized carbons (Fsp3) is 0.385. The fourth-order valence-corrected chi connectivity index (χ4v) is 1.97. The first kappa shape index (κ1) is 13.4. The Morgan fingerprint density at radius 1 is 1.53 bits per heavy atom. The van der Waals surface area contributed by atoms with Gasteiger partial charge in [0.2, 0.25) is 0 Å². The van der Waals surface area contributed by atoms with E-state index in [1.165, 1.54) is 4.40 Å². The highest BCUT2D eigenvalue weighted by molar-refractivity contribution is 5.92. The zero-order valence-electron chi connectivity index (χ0n) is 10.7. The fourth-order valence-electron chi connectivity index (χ4n) is 1.97. The Morgan fingerprint density at radius 3 is 3.00 bits per heavy atom. The number of carbonyl (C=O) groups is 1. The number of aliphatic hydroxyl groups is 1. The number of aromatic nitrogens is 2. The molecule has 0 saturated carbocycles. The van der Waals surface area contributed by atoms with E-state index in [1.807, 2.05) is 6.92 Å². The van der Waals surface area contributed by atoms with Crippen molar-refractivity contribution < 1.29 is 15.0 Å². The number of aliphatic hydroxyl groups excluding tert-OH is 1. The van der Waals surface area contributed by atoms with E-state index in [9.17, 15) is 15.0 Å². The molecule has 2 aromatic rings. The number of carboxylic acid groups (broad SMARTS) is 1. The number of nitrogens with one attached hydrogen (secondary N) is 1. The van der Waals surface area contributed by atoms with Gasteiger partial charge in [0, 0.05) is 12.7 Å². The number of aromatic carboxylic acids is 1. The van der Waals surface area contributed by atoms with Gasteiger partial charge in [-0.25, -0.2) is 9.78 Å². The van der Waals surface area contributed by atoms with Crippen LogP contribution in [0.3, 0.4) is 0 Å². The van der Waals surface area contributed by atoms with Crippen LogP contribution in [-0.2, 0) is 0 Å². The molecule has 0 aliphatic rings. The summed E-state index contributed by atoms with van der Waals surface area (Å²) in [7, 11) is 0. The highest BCUT2D eigenvalue weighted by atomic mass is 16.4. The van der Waals surface area contributed by atoms with Crippen molar-refractivity contribution in [2.45, 2.75) is 25.9 Å². The number of nitrogens with zero attached hydrogens (tertiary/aromatic N) is 2. The molecule has 0 fully saturated rings. The zero-order chi connectivity index (χ0) is 13.8. The van der Waals surface area contributed by atoms with E-state index in [1.54, 1.807) is 24.4 Å². The maximum Gasteiger partial charge on any atom is 0.356 e. The molecule has 102 valence electrons. The number of hydrogen-bond donors (Lipinski definition) is 3. The molecule has 2 aromatic heterocycles. The highest BCUT2D eigenvalue weighted by Crippen LogP contribution is 2.17. The molecule has 0 amide bonds. The van der Waals surface area contributed by atoms with Crippen LogP contribution in [0, 0.1) is 0 Å². The minimum atomic E-state index is -1.05. The molecule has 0 spiro atoms. The lowest BCUT2D eigenvalue weighted by atomic mass is 10.2. The SMILES string of the molecule is CCCC(O)CNc1nc2ccccn2c1C(=O)O. The first-order valence-corrected chi connectivity index (χ1v) is 6.25. The number of rotatable bonds is 6. The van der Waals surface area contributed by atoms with E-state index in [0.29, 0.717) is 12.1 Å². The second kappa shape index (κ2) is 5.71. The van der Waals surface area contributed by atoms with Crippen LogP contribution in [0.4, 0.5) is 5.82 Å². The first-order valence-electron chi connectivity index (χ1n) is 6.25. The number of anilines is 1. The molecule has 6 heteroatoms. The number of carboxylic acids is 1. The molecule has 0 bridgehead atoms. The van der Waals surface area contributed by atoms with Crippen molar-refractivity contribution in [1.82, 2.24) is 9.38 Å². The zero-order valence-corrected chi connectivity index (χ0v) is 10.7. The van der Waals surface area contributed by atoms with Gasteiger partial charge < -0.3 is 15.5 Å². The molecule has 0 saturated heterocycles.